The Kier molecular flexibility index (Phi) is 3.98. The van der Waals surface area contributed by atoms with Crippen LogP contribution in [0.3, 0.4) is 0 Å². The number of nitrogens with zero attached hydrogens (tertiary/aromatic N) is 1. The van der Waals surface area contributed by atoms with Crippen molar-refractivity contribution in [2.75, 3.05) is 13.2 Å². The number of aromatic nitrogens is 2. The zero-order valence-corrected chi connectivity index (χ0v) is 13.5. The van der Waals surface area contributed by atoms with Gasteiger partial charge in [-0.25, -0.2) is 9.59 Å². The zero-order valence-electron chi connectivity index (χ0n) is 13.5. The number of fused-ring (bicyclic) bond motifs is 1. The van der Waals surface area contributed by atoms with E-state index in [1.165, 1.54) is 6.20 Å². The van der Waals surface area contributed by atoms with Crippen LogP contribution in [-0.2, 0) is 14.2 Å². The first-order valence-electron chi connectivity index (χ1n) is 8.01. The van der Waals surface area contributed by atoms with Gasteiger partial charge in [-0.05, 0) is 12.1 Å². The van der Waals surface area contributed by atoms with Crippen LogP contribution in [0.15, 0.2) is 52.2 Å². The number of esters is 1. The van der Waals surface area contributed by atoms with E-state index in [9.17, 15) is 19.5 Å². The first-order valence-corrected chi connectivity index (χ1v) is 8.01. The molecule has 4 rings (SSSR count). The van der Waals surface area contributed by atoms with Crippen LogP contribution < -0.4 is 11.2 Å². The Labute approximate surface area is 146 Å². The Morgan fingerprint density at radius 1 is 1.31 bits per heavy atom. The molecule has 0 radical (unpaired) electrons. The fourth-order valence-electron chi connectivity index (χ4n) is 3.19. The molecule has 0 unspecified atom stereocenters. The van der Waals surface area contributed by atoms with Crippen molar-refractivity contribution < 1.29 is 24.1 Å². The van der Waals surface area contributed by atoms with E-state index in [0.29, 0.717) is 5.56 Å². The summed E-state index contributed by atoms with van der Waals surface area (Å²) in [6.07, 6.45) is -1.70. The average Bonchev–Trinajstić information content (AvgIpc) is 2.80. The number of carbonyl (C=O) groups excluding carboxylic acids is 1. The zero-order chi connectivity index (χ0) is 18.3. The summed E-state index contributed by atoms with van der Waals surface area (Å²) in [5.41, 5.74) is -1.90. The van der Waals surface area contributed by atoms with Crippen LogP contribution in [0.1, 0.15) is 16.6 Å². The molecule has 2 saturated heterocycles. The van der Waals surface area contributed by atoms with Gasteiger partial charge in [-0.2, -0.15) is 0 Å². The van der Waals surface area contributed by atoms with Crippen molar-refractivity contribution in [3.8, 4) is 0 Å². The van der Waals surface area contributed by atoms with Crippen molar-refractivity contribution in [2.45, 2.75) is 24.0 Å². The molecule has 0 aliphatic carbocycles. The van der Waals surface area contributed by atoms with Crippen LogP contribution in [0, 0.1) is 0 Å². The Balaban J connectivity index is 1.51. The first kappa shape index (κ1) is 16.7. The van der Waals surface area contributed by atoms with Gasteiger partial charge in [0.25, 0.3) is 5.56 Å². The Hall–Kier alpha value is -2.75. The molecule has 2 aromatic rings. The van der Waals surface area contributed by atoms with Crippen LogP contribution in [0.25, 0.3) is 0 Å². The molecule has 1 aromatic heterocycles. The van der Waals surface area contributed by atoms with Gasteiger partial charge in [0.05, 0.1) is 12.2 Å². The molecule has 136 valence electrons. The molecule has 1 aromatic carbocycles. The molecule has 0 saturated carbocycles. The molecule has 26 heavy (non-hydrogen) atoms. The van der Waals surface area contributed by atoms with E-state index in [0.717, 1.165) is 10.6 Å². The largest absolute Gasteiger partial charge is 0.459 e. The maximum absolute atomic E-state index is 12.1. The van der Waals surface area contributed by atoms with E-state index < -0.39 is 41.3 Å². The number of aromatic amines is 1. The lowest BCUT2D eigenvalue weighted by Gasteiger charge is -2.42. The van der Waals surface area contributed by atoms with Gasteiger partial charge in [-0.3, -0.25) is 14.3 Å². The number of benzene rings is 1. The summed E-state index contributed by atoms with van der Waals surface area (Å²) in [6.45, 7) is -0.0114. The van der Waals surface area contributed by atoms with Gasteiger partial charge >= 0.3 is 11.7 Å². The molecule has 3 heterocycles. The predicted octanol–water partition coefficient (Wildman–Crippen LogP) is -0.579. The summed E-state index contributed by atoms with van der Waals surface area (Å²) in [7, 11) is 0. The summed E-state index contributed by atoms with van der Waals surface area (Å²) in [6, 6.07) is 9.63. The molecule has 4 atom stereocenters. The van der Waals surface area contributed by atoms with E-state index in [-0.39, 0.29) is 13.2 Å². The van der Waals surface area contributed by atoms with E-state index in [4.69, 9.17) is 14.2 Å². The van der Waals surface area contributed by atoms with Gasteiger partial charge in [0.1, 0.15) is 18.8 Å². The third kappa shape index (κ3) is 2.66. The molecule has 2 fully saturated rings. The highest BCUT2D eigenvalue weighted by atomic mass is 16.7. The highest BCUT2D eigenvalue weighted by Gasteiger charge is 2.63. The fraction of sp³-hybridized carbons (Fsp3) is 0.353. The third-order valence-electron chi connectivity index (χ3n) is 4.57. The SMILES string of the molecule is O=C(OC[C@]12CO[C@H]1[C@@H](O)[C@H](n1ccc(=O)[nH]c1=O)O2)c1ccccc1. The predicted molar refractivity (Wildman–Crippen MR) is 86.6 cm³/mol. The van der Waals surface area contributed by atoms with Gasteiger partial charge in [0.2, 0.25) is 0 Å². The van der Waals surface area contributed by atoms with E-state index >= 15 is 0 Å². The van der Waals surface area contributed by atoms with Crippen molar-refractivity contribution in [2.24, 2.45) is 0 Å². The second-order valence-electron chi connectivity index (χ2n) is 6.25. The Morgan fingerprint density at radius 3 is 2.73 bits per heavy atom. The van der Waals surface area contributed by atoms with Crippen LogP contribution in [0.5, 0.6) is 0 Å². The maximum Gasteiger partial charge on any atom is 0.338 e. The molecule has 2 N–H and O–H groups in total. The molecule has 0 spiro atoms. The molecule has 2 aliphatic heterocycles. The highest BCUT2D eigenvalue weighted by molar-refractivity contribution is 5.89. The number of carbonyl (C=O) groups is 1. The van der Waals surface area contributed by atoms with Crippen molar-refractivity contribution >= 4 is 5.97 Å². The lowest BCUT2D eigenvalue weighted by Crippen LogP contribution is -2.61. The van der Waals surface area contributed by atoms with Crippen molar-refractivity contribution in [1.82, 2.24) is 9.55 Å². The smallest absolute Gasteiger partial charge is 0.338 e. The molecular formula is C17H16N2O7. The molecule has 9 heteroatoms. The van der Waals surface area contributed by atoms with Gasteiger partial charge in [0.15, 0.2) is 11.8 Å². The summed E-state index contributed by atoms with van der Waals surface area (Å²) < 4.78 is 17.6. The number of aliphatic hydroxyl groups is 1. The number of aliphatic hydroxyl groups excluding tert-OH is 1. The van der Waals surface area contributed by atoms with E-state index in [1.54, 1.807) is 30.3 Å². The van der Waals surface area contributed by atoms with Gasteiger partial charge in [0, 0.05) is 12.3 Å². The minimum absolute atomic E-state index is 0.116. The quantitative estimate of drug-likeness (QED) is 0.700. The summed E-state index contributed by atoms with van der Waals surface area (Å²) in [5.74, 6) is -0.520. The number of hydrogen-bond donors (Lipinski definition) is 2. The number of nitrogens with one attached hydrogen (secondary N) is 1. The minimum atomic E-state index is -1.15. The summed E-state index contributed by atoms with van der Waals surface area (Å²) in [4.78, 5) is 37.4. The Bertz CT molecular complexity index is 938. The third-order valence-corrected chi connectivity index (χ3v) is 4.57. The number of H-pyrrole nitrogens is 1. The molecule has 2 aliphatic rings. The van der Waals surface area contributed by atoms with Gasteiger partial charge in [-0.1, -0.05) is 18.2 Å². The fourth-order valence-corrected chi connectivity index (χ4v) is 3.19. The first-order chi connectivity index (χ1) is 12.5. The summed E-state index contributed by atoms with van der Waals surface area (Å²) in [5, 5.41) is 10.4. The highest BCUT2D eigenvalue weighted by Crippen LogP contribution is 2.45. The van der Waals surface area contributed by atoms with Crippen molar-refractivity contribution in [3.05, 3.63) is 69.0 Å². The normalized spacial score (nSPS) is 29.7. The number of ether oxygens (including phenoxy) is 3. The van der Waals surface area contributed by atoms with Crippen molar-refractivity contribution in [3.63, 3.8) is 0 Å². The van der Waals surface area contributed by atoms with Crippen LogP contribution in [-0.4, -0.2) is 51.6 Å². The maximum atomic E-state index is 12.1. The van der Waals surface area contributed by atoms with Gasteiger partial charge < -0.3 is 19.3 Å². The number of hydrogen-bond acceptors (Lipinski definition) is 7. The van der Waals surface area contributed by atoms with Gasteiger partial charge in [-0.15, -0.1) is 0 Å². The lowest BCUT2D eigenvalue weighted by molar-refractivity contribution is -0.246. The molecule has 0 amide bonds. The molecule has 0 bridgehead atoms. The lowest BCUT2D eigenvalue weighted by atomic mass is 9.91. The average molecular weight is 360 g/mol. The van der Waals surface area contributed by atoms with Crippen LogP contribution in [0.2, 0.25) is 0 Å². The summed E-state index contributed by atoms with van der Waals surface area (Å²) >= 11 is 0. The van der Waals surface area contributed by atoms with E-state index in [2.05, 4.69) is 4.98 Å². The second-order valence-corrected chi connectivity index (χ2v) is 6.25. The molecular weight excluding hydrogens is 344 g/mol. The van der Waals surface area contributed by atoms with Crippen LogP contribution in [0.4, 0.5) is 0 Å². The van der Waals surface area contributed by atoms with E-state index in [1.807, 2.05) is 0 Å². The molecule has 9 nitrogen and oxygen atoms in total. The van der Waals surface area contributed by atoms with Crippen LogP contribution >= 0.6 is 0 Å². The monoisotopic (exact) mass is 360 g/mol. The second kappa shape index (κ2) is 6.20. The number of rotatable bonds is 4. The van der Waals surface area contributed by atoms with Crippen molar-refractivity contribution in [1.29, 1.82) is 0 Å². The minimum Gasteiger partial charge on any atom is -0.459 e. The Morgan fingerprint density at radius 2 is 2.08 bits per heavy atom. The standard InChI is InChI=1S/C17H16N2O7/c20-11-6-7-19(16(23)18-11)14-12(21)13-17(26-14,8-24-13)9-25-15(22)10-4-2-1-3-5-10/h1-7,12-14,21H,8-9H2,(H,18,20,23)/t12-,13+,14-,17-/m1/s1. The topological polar surface area (TPSA) is 120 Å².